The molecule has 2 aromatic heterocycles. The molecule has 1 fully saturated rings. The number of nitrogens with zero attached hydrogens (tertiary/aromatic N) is 3. The van der Waals surface area contributed by atoms with Crippen molar-refractivity contribution in [3.8, 4) is 0 Å². The zero-order chi connectivity index (χ0) is 18.8. The highest BCUT2D eigenvalue weighted by atomic mass is 16.3. The Morgan fingerprint density at radius 2 is 2.19 bits per heavy atom. The van der Waals surface area contributed by atoms with E-state index in [1.165, 1.54) is 0 Å². The van der Waals surface area contributed by atoms with E-state index in [0.717, 1.165) is 54.7 Å². The van der Waals surface area contributed by atoms with Gasteiger partial charge in [-0.2, -0.15) is 0 Å². The molecule has 1 aliphatic heterocycles. The highest BCUT2D eigenvalue weighted by molar-refractivity contribution is 6.05. The molecule has 0 spiro atoms. The first kappa shape index (κ1) is 17.8. The summed E-state index contributed by atoms with van der Waals surface area (Å²) in [4.78, 5) is 23.7. The molecule has 1 amide bonds. The molecule has 27 heavy (non-hydrogen) atoms. The maximum Gasteiger partial charge on any atom is 0.224 e. The molecule has 6 nitrogen and oxygen atoms in total. The number of anilines is 1. The molecule has 3 heterocycles. The minimum Gasteiger partial charge on any atom is -0.450 e. The topological polar surface area (TPSA) is 71.3 Å². The molecule has 1 aromatic carbocycles. The minimum absolute atomic E-state index is 0.0136. The summed E-state index contributed by atoms with van der Waals surface area (Å²) in [6, 6.07) is 7.90. The van der Waals surface area contributed by atoms with E-state index in [2.05, 4.69) is 34.0 Å². The molecule has 0 unspecified atom stereocenters. The number of nitrogens with one attached hydrogen (secondary N) is 1. The molecule has 4 rings (SSSR count). The predicted molar refractivity (Wildman–Crippen MR) is 107 cm³/mol. The van der Waals surface area contributed by atoms with Crippen LogP contribution >= 0.6 is 0 Å². The van der Waals surface area contributed by atoms with Crippen LogP contribution < -0.4 is 10.2 Å². The first-order valence-electron chi connectivity index (χ1n) is 9.78. The standard InChI is InChI=1S/C21H26N4O2/c1-14(2)9-10-22-21(26)15-6-5-11-25(12-15)20-19-18(23-13-24-20)16-7-3-4-8-17(16)27-19/h3-4,7-8,13-15H,5-6,9-12H2,1-2H3,(H,22,26)/t15-/m0/s1. The van der Waals surface area contributed by atoms with Crippen LogP contribution in [0.15, 0.2) is 35.0 Å². The molecule has 3 aromatic rings. The Hall–Kier alpha value is -2.63. The Bertz CT molecular complexity index is 950. The van der Waals surface area contributed by atoms with E-state index in [1.54, 1.807) is 6.33 Å². The number of aromatic nitrogens is 2. The van der Waals surface area contributed by atoms with E-state index >= 15 is 0 Å². The molecular weight excluding hydrogens is 340 g/mol. The summed E-state index contributed by atoms with van der Waals surface area (Å²) in [5, 5.41) is 4.09. The van der Waals surface area contributed by atoms with Gasteiger partial charge in [-0.05, 0) is 37.3 Å². The average Bonchev–Trinajstić information content (AvgIpc) is 3.06. The molecule has 1 N–H and O–H groups in total. The zero-order valence-electron chi connectivity index (χ0n) is 15.9. The van der Waals surface area contributed by atoms with Crippen LogP contribution in [0.4, 0.5) is 5.82 Å². The van der Waals surface area contributed by atoms with Crippen molar-refractivity contribution in [1.29, 1.82) is 0 Å². The quantitative estimate of drug-likeness (QED) is 0.744. The summed E-state index contributed by atoms with van der Waals surface area (Å²) in [6.07, 6.45) is 4.48. The van der Waals surface area contributed by atoms with Crippen molar-refractivity contribution in [2.75, 3.05) is 24.5 Å². The van der Waals surface area contributed by atoms with Gasteiger partial charge in [-0.3, -0.25) is 4.79 Å². The normalized spacial score (nSPS) is 17.7. The number of carbonyl (C=O) groups is 1. The van der Waals surface area contributed by atoms with Crippen LogP contribution in [0.1, 0.15) is 33.1 Å². The molecule has 0 aliphatic carbocycles. The molecule has 0 saturated carbocycles. The lowest BCUT2D eigenvalue weighted by Gasteiger charge is -2.32. The minimum atomic E-state index is -0.0136. The number of benzene rings is 1. The third-order valence-corrected chi connectivity index (χ3v) is 5.25. The molecule has 1 atom stereocenters. The van der Waals surface area contributed by atoms with E-state index in [4.69, 9.17) is 4.42 Å². The predicted octanol–water partition coefficient (Wildman–Crippen LogP) is 3.75. The van der Waals surface area contributed by atoms with Crippen molar-refractivity contribution in [1.82, 2.24) is 15.3 Å². The largest absolute Gasteiger partial charge is 0.450 e. The molecular formula is C21H26N4O2. The fourth-order valence-corrected chi connectivity index (χ4v) is 3.75. The number of furan rings is 1. The van der Waals surface area contributed by atoms with Gasteiger partial charge < -0.3 is 14.6 Å². The zero-order valence-corrected chi connectivity index (χ0v) is 15.9. The fraction of sp³-hybridized carbons (Fsp3) is 0.476. The van der Waals surface area contributed by atoms with Crippen LogP contribution in [-0.2, 0) is 4.79 Å². The Balaban J connectivity index is 1.55. The van der Waals surface area contributed by atoms with E-state index in [1.807, 2.05) is 24.3 Å². The van der Waals surface area contributed by atoms with Gasteiger partial charge in [-0.1, -0.05) is 26.0 Å². The van der Waals surface area contributed by atoms with Gasteiger partial charge in [0.05, 0.1) is 5.92 Å². The van der Waals surface area contributed by atoms with Gasteiger partial charge in [-0.25, -0.2) is 9.97 Å². The highest BCUT2D eigenvalue weighted by Crippen LogP contribution is 2.33. The van der Waals surface area contributed by atoms with Gasteiger partial charge in [0.25, 0.3) is 0 Å². The Kier molecular flexibility index (Phi) is 4.97. The summed E-state index contributed by atoms with van der Waals surface area (Å²) in [6.45, 7) is 6.62. The molecule has 142 valence electrons. The van der Waals surface area contributed by atoms with E-state index in [0.29, 0.717) is 18.0 Å². The summed E-state index contributed by atoms with van der Waals surface area (Å²) in [7, 11) is 0. The molecule has 0 bridgehead atoms. The fourth-order valence-electron chi connectivity index (χ4n) is 3.75. The Labute approximate surface area is 159 Å². The van der Waals surface area contributed by atoms with Crippen LogP contribution in [-0.4, -0.2) is 35.5 Å². The Morgan fingerprint density at radius 3 is 3.04 bits per heavy atom. The molecule has 1 aliphatic rings. The average molecular weight is 366 g/mol. The van der Waals surface area contributed by atoms with E-state index in [9.17, 15) is 4.79 Å². The van der Waals surface area contributed by atoms with Crippen molar-refractivity contribution in [2.45, 2.75) is 33.1 Å². The maximum atomic E-state index is 12.6. The number of rotatable bonds is 5. The number of fused-ring (bicyclic) bond motifs is 3. The van der Waals surface area contributed by atoms with Gasteiger partial charge in [-0.15, -0.1) is 0 Å². The first-order valence-corrected chi connectivity index (χ1v) is 9.78. The summed E-state index contributed by atoms with van der Waals surface area (Å²) in [5.41, 5.74) is 2.35. The monoisotopic (exact) mass is 366 g/mol. The molecule has 6 heteroatoms. The van der Waals surface area contributed by atoms with Crippen molar-refractivity contribution in [3.05, 3.63) is 30.6 Å². The number of hydrogen-bond acceptors (Lipinski definition) is 5. The number of amides is 1. The number of piperidine rings is 1. The van der Waals surface area contributed by atoms with Gasteiger partial charge in [0.15, 0.2) is 11.4 Å². The smallest absolute Gasteiger partial charge is 0.224 e. The third kappa shape index (κ3) is 3.61. The van der Waals surface area contributed by atoms with E-state index < -0.39 is 0 Å². The van der Waals surface area contributed by atoms with Crippen LogP contribution in [0, 0.1) is 11.8 Å². The number of carbonyl (C=O) groups excluding carboxylic acids is 1. The first-order chi connectivity index (χ1) is 13.1. The lowest BCUT2D eigenvalue weighted by Crippen LogP contribution is -2.43. The van der Waals surface area contributed by atoms with Gasteiger partial charge >= 0.3 is 0 Å². The van der Waals surface area contributed by atoms with E-state index in [-0.39, 0.29) is 11.8 Å². The second-order valence-corrected chi connectivity index (χ2v) is 7.73. The van der Waals surface area contributed by atoms with Crippen LogP contribution in [0.25, 0.3) is 22.1 Å². The summed E-state index contributed by atoms with van der Waals surface area (Å²) < 4.78 is 6.06. The Morgan fingerprint density at radius 1 is 1.33 bits per heavy atom. The highest BCUT2D eigenvalue weighted by Gasteiger charge is 2.28. The molecule has 0 radical (unpaired) electrons. The second kappa shape index (κ2) is 7.55. The van der Waals surface area contributed by atoms with Gasteiger partial charge in [0.2, 0.25) is 5.91 Å². The van der Waals surface area contributed by atoms with Crippen molar-refractivity contribution in [2.24, 2.45) is 11.8 Å². The second-order valence-electron chi connectivity index (χ2n) is 7.73. The lowest BCUT2D eigenvalue weighted by atomic mass is 9.97. The van der Waals surface area contributed by atoms with Crippen molar-refractivity contribution < 1.29 is 9.21 Å². The lowest BCUT2D eigenvalue weighted by molar-refractivity contribution is -0.125. The maximum absolute atomic E-state index is 12.6. The summed E-state index contributed by atoms with van der Waals surface area (Å²) in [5.74, 6) is 1.52. The SMILES string of the molecule is CC(C)CCNC(=O)[C@H]1CCCN(c2ncnc3c2oc2ccccc23)C1. The number of hydrogen-bond donors (Lipinski definition) is 1. The van der Waals surface area contributed by atoms with Crippen molar-refractivity contribution in [3.63, 3.8) is 0 Å². The van der Waals surface area contributed by atoms with Crippen LogP contribution in [0.3, 0.4) is 0 Å². The van der Waals surface area contributed by atoms with Crippen LogP contribution in [0.2, 0.25) is 0 Å². The van der Waals surface area contributed by atoms with Crippen LogP contribution in [0.5, 0.6) is 0 Å². The van der Waals surface area contributed by atoms with Gasteiger partial charge in [0.1, 0.15) is 17.4 Å². The van der Waals surface area contributed by atoms with Gasteiger partial charge in [0, 0.05) is 25.0 Å². The molecule has 1 saturated heterocycles. The number of para-hydroxylation sites is 1. The summed E-state index contributed by atoms with van der Waals surface area (Å²) >= 11 is 0. The van der Waals surface area contributed by atoms with Crippen molar-refractivity contribution >= 4 is 33.8 Å². The third-order valence-electron chi connectivity index (χ3n) is 5.25.